The molecule has 0 radical (unpaired) electrons. The quantitative estimate of drug-likeness (QED) is 0.648. The van der Waals surface area contributed by atoms with Crippen LogP contribution in [-0.4, -0.2) is 43.2 Å². The van der Waals surface area contributed by atoms with Gasteiger partial charge in [-0.15, -0.1) is 0 Å². The summed E-state index contributed by atoms with van der Waals surface area (Å²) < 4.78 is 26.8. The first-order valence-corrected chi connectivity index (χ1v) is 6.25. The van der Waals surface area contributed by atoms with Crippen molar-refractivity contribution in [3.8, 4) is 0 Å². The smallest absolute Gasteiger partial charge is 0.195 e. The summed E-state index contributed by atoms with van der Waals surface area (Å²) in [7, 11) is -3.07. The molecule has 0 aromatic carbocycles. The van der Waals surface area contributed by atoms with Crippen molar-refractivity contribution in [3.63, 3.8) is 0 Å². The molecule has 76 valence electrons. The third-order valence-electron chi connectivity index (χ3n) is 2.85. The predicted octanol–water partition coefficient (Wildman–Crippen LogP) is 0.279. The van der Waals surface area contributed by atoms with E-state index < -0.39 is 10.2 Å². The third-order valence-corrected chi connectivity index (χ3v) is 4.86. The number of hydrogen-bond acceptors (Lipinski definition) is 2. The molecule has 0 bridgehead atoms. The Bertz CT molecular complexity index is 285. The van der Waals surface area contributed by atoms with E-state index in [9.17, 15) is 8.42 Å². The van der Waals surface area contributed by atoms with Gasteiger partial charge in [-0.3, -0.25) is 0 Å². The average molecular weight is 204 g/mol. The topological polar surface area (TPSA) is 40.6 Å². The fraction of sp³-hybridized carbons (Fsp3) is 1.00. The Morgan fingerprint density at radius 2 is 1.85 bits per heavy atom. The van der Waals surface area contributed by atoms with Gasteiger partial charge in [0.2, 0.25) is 0 Å². The number of rotatable bonds is 2. The maximum absolute atomic E-state index is 11.8. The molecule has 1 unspecified atom stereocenters. The van der Waals surface area contributed by atoms with Gasteiger partial charge < -0.3 is 0 Å². The van der Waals surface area contributed by atoms with Gasteiger partial charge in [-0.05, 0) is 18.8 Å². The highest BCUT2D eigenvalue weighted by Crippen LogP contribution is 2.23. The molecule has 13 heavy (non-hydrogen) atoms. The van der Waals surface area contributed by atoms with Crippen LogP contribution in [0.25, 0.3) is 0 Å². The summed E-state index contributed by atoms with van der Waals surface area (Å²) in [5.74, 6) is 0.524. The molecule has 2 aliphatic rings. The van der Waals surface area contributed by atoms with Gasteiger partial charge in [-0.1, -0.05) is 6.92 Å². The summed E-state index contributed by atoms with van der Waals surface area (Å²) in [4.78, 5) is 0. The normalized spacial score (nSPS) is 31.9. The summed E-state index contributed by atoms with van der Waals surface area (Å²) in [6, 6.07) is 0. The monoisotopic (exact) mass is 204 g/mol. The van der Waals surface area contributed by atoms with Crippen molar-refractivity contribution in [2.75, 3.05) is 26.2 Å². The minimum Gasteiger partial charge on any atom is -0.195 e. The maximum Gasteiger partial charge on any atom is 0.281 e. The molecule has 2 saturated heterocycles. The van der Waals surface area contributed by atoms with E-state index in [2.05, 4.69) is 6.92 Å². The molecule has 2 rings (SSSR count). The SMILES string of the molecule is CC1CCN(S(=O)(=O)N2CCC2)C1. The molecular weight excluding hydrogens is 188 g/mol. The summed E-state index contributed by atoms with van der Waals surface area (Å²) >= 11 is 0. The lowest BCUT2D eigenvalue weighted by Crippen LogP contribution is -2.49. The first-order chi connectivity index (χ1) is 6.10. The second-order valence-corrected chi connectivity index (χ2v) is 5.94. The Labute approximate surface area is 79.7 Å². The van der Waals surface area contributed by atoms with Gasteiger partial charge >= 0.3 is 0 Å². The van der Waals surface area contributed by atoms with E-state index in [4.69, 9.17) is 0 Å². The summed E-state index contributed by atoms with van der Waals surface area (Å²) in [5.41, 5.74) is 0. The molecule has 5 heteroatoms. The zero-order valence-corrected chi connectivity index (χ0v) is 8.76. The largest absolute Gasteiger partial charge is 0.281 e. The Kier molecular flexibility index (Phi) is 2.33. The van der Waals surface area contributed by atoms with Gasteiger partial charge in [-0.25, -0.2) is 0 Å². The molecule has 0 spiro atoms. The highest BCUT2D eigenvalue weighted by atomic mass is 32.2. The van der Waals surface area contributed by atoms with E-state index in [1.807, 2.05) is 0 Å². The van der Waals surface area contributed by atoms with Crippen molar-refractivity contribution in [1.82, 2.24) is 8.61 Å². The van der Waals surface area contributed by atoms with Crippen LogP contribution < -0.4 is 0 Å². The second kappa shape index (κ2) is 3.22. The average Bonchev–Trinajstić information content (AvgIpc) is 2.30. The van der Waals surface area contributed by atoms with Crippen molar-refractivity contribution < 1.29 is 8.42 Å². The van der Waals surface area contributed by atoms with E-state index in [1.54, 1.807) is 8.61 Å². The van der Waals surface area contributed by atoms with Gasteiger partial charge in [0, 0.05) is 26.2 Å². The highest BCUT2D eigenvalue weighted by molar-refractivity contribution is 7.86. The fourth-order valence-electron chi connectivity index (χ4n) is 1.79. The first kappa shape index (κ1) is 9.43. The van der Waals surface area contributed by atoms with Crippen LogP contribution in [-0.2, 0) is 10.2 Å². The Morgan fingerprint density at radius 1 is 1.15 bits per heavy atom. The van der Waals surface area contributed by atoms with E-state index in [-0.39, 0.29) is 0 Å². The zero-order chi connectivity index (χ0) is 9.47. The molecule has 2 heterocycles. The Balaban J connectivity index is 2.06. The van der Waals surface area contributed by atoms with Gasteiger partial charge in [0.1, 0.15) is 0 Å². The molecule has 0 aromatic heterocycles. The van der Waals surface area contributed by atoms with Crippen LogP contribution in [0.5, 0.6) is 0 Å². The first-order valence-electron chi connectivity index (χ1n) is 4.86. The van der Waals surface area contributed by atoms with Crippen LogP contribution in [0, 0.1) is 5.92 Å². The summed E-state index contributed by atoms with van der Waals surface area (Å²) in [6.45, 7) is 4.95. The van der Waals surface area contributed by atoms with Crippen LogP contribution in [0.15, 0.2) is 0 Å². The van der Waals surface area contributed by atoms with E-state index in [1.165, 1.54) is 0 Å². The fourth-order valence-corrected chi connectivity index (χ4v) is 3.61. The van der Waals surface area contributed by atoms with Crippen molar-refractivity contribution >= 4 is 10.2 Å². The molecule has 0 aromatic rings. The lowest BCUT2D eigenvalue weighted by Gasteiger charge is -2.33. The standard InChI is InChI=1S/C8H16N2O2S/c1-8-3-6-10(7-8)13(11,12)9-4-2-5-9/h8H,2-7H2,1H3. The van der Waals surface area contributed by atoms with E-state index in [0.717, 1.165) is 12.8 Å². The summed E-state index contributed by atoms with van der Waals surface area (Å²) in [6.07, 6.45) is 2.02. The van der Waals surface area contributed by atoms with Crippen LogP contribution >= 0.6 is 0 Å². The van der Waals surface area contributed by atoms with Crippen molar-refractivity contribution in [2.24, 2.45) is 5.92 Å². The molecule has 2 fully saturated rings. The molecule has 0 aliphatic carbocycles. The van der Waals surface area contributed by atoms with Gasteiger partial charge in [0.15, 0.2) is 0 Å². The summed E-state index contributed by atoms with van der Waals surface area (Å²) in [5, 5.41) is 0. The van der Waals surface area contributed by atoms with Gasteiger partial charge in [0.25, 0.3) is 10.2 Å². The van der Waals surface area contributed by atoms with Crippen molar-refractivity contribution in [1.29, 1.82) is 0 Å². The van der Waals surface area contributed by atoms with Crippen molar-refractivity contribution in [2.45, 2.75) is 19.8 Å². The molecule has 0 amide bonds. The third kappa shape index (κ3) is 1.60. The zero-order valence-electron chi connectivity index (χ0n) is 7.94. The Hall–Kier alpha value is -0.130. The predicted molar refractivity (Wildman–Crippen MR) is 50.5 cm³/mol. The highest BCUT2D eigenvalue weighted by Gasteiger charge is 2.36. The molecule has 1 atom stereocenters. The van der Waals surface area contributed by atoms with Crippen LogP contribution in [0.3, 0.4) is 0 Å². The lowest BCUT2D eigenvalue weighted by atomic mass is 10.2. The van der Waals surface area contributed by atoms with Crippen molar-refractivity contribution in [3.05, 3.63) is 0 Å². The minimum atomic E-state index is -3.07. The Morgan fingerprint density at radius 3 is 2.23 bits per heavy atom. The van der Waals surface area contributed by atoms with Crippen LogP contribution in [0.2, 0.25) is 0 Å². The number of nitrogens with zero attached hydrogens (tertiary/aromatic N) is 2. The molecule has 2 aliphatic heterocycles. The molecule has 0 saturated carbocycles. The van der Waals surface area contributed by atoms with E-state index in [0.29, 0.717) is 32.1 Å². The van der Waals surface area contributed by atoms with Gasteiger partial charge in [0.05, 0.1) is 0 Å². The molecule has 4 nitrogen and oxygen atoms in total. The van der Waals surface area contributed by atoms with Crippen LogP contribution in [0.4, 0.5) is 0 Å². The second-order valence-electron chi connectivity index (χ2n) is 4.01. The van der Waals surface area contributed by atoms with E-state index >= 15 is 0 Å². The minimum absolute atomic E-state index is 0.524. The number of hydrogen-bond donors (Lipinski definition) is 0. The maximum atomic E-state index is 11.8. The van der Waals surface area contributed by atoms with Crippen LogP contribution in [0.1, 0.15) is 19.8 Å². The molecular formula is C8H16N2O2S. The molecule has 0 N–H and O–H groups in total. The lowest BCUT2D eigenvalue weighted by molar-refractivity contribution is 0.281. The van der Waals surface area contributed by atoms with Gasteiger partial charge in [-0.2, -0.15) is 17.0 Å².